The number of aryl methyl sites for hydroxylation is 1. The van der Waals surface area contributed by atoms with Crippen LogP contribution in [0.1, 0.15) is 41.9 Å². The molecule has 1 N–H and O–H groups in total. The highest BCUT2D eigenvalue weighted by molar-refractivity contribution is 5.96. The summed E-state index contributed by atoms with van der Waals surface area (Å²) in [4.78, 5) is 25.0. The third kappa shape index (κ3) is 2.39. The Morgan fingerprint density at radius 1 is 1.48 bits per heavy atom. The van der Waals surface area contributed by atoms with Crippen molar-refractivity contribution in [2.24, 2.45) is 0 Å². The van der Waals surface area contributed by atoms with E-state index < -0.39 is 4.92 Å². The molecular formula is C13H18N4O4. The number of aromatic nitrogens is 2. The molecule has 2 atom stereocenters. The Morgan fingerprint density at radius 2 is 2.24 bits per heavy atom. The molecule has 2 aliphatic rings. The number of hydrogen-bond donors (Lipinski definition) is 1. The number of H-pyrrole nitrogens is 1. The van der Waals surface area contributed by atoms with Gasteiger partial charge in [0.05, 0.1) is 23.7 Å². The minimum atomic E-state index is -0.551. The molecule has 1 saturated heterocycles. The van der Waals surface area contributed by atoms with Crippen LogP contribution >= 0.6 is 0 Å². The lowest BCUT2D eigenvalue weighted by Gasteiger charge is -2.43. The summed E-state index contributed by atoms with van der Waals surface area (Å²) in [5.41, 5.74) is -0.0145. The fourth-order valence-corrected chi connectivity index (χ4v) is 3.28. The smallest absolute Gasteiger partial charge is 0.322 e. The summed E-state index contributed by atoms with van der Waals surface area (Å²) in [5.74, 6) is -0.369. The quantitative estimate of drug-likeness (QED) is 0.656. The van der Waals surface area contributed by atoms with Crippen molar-refractivity contribution in [1.82, 2.24) is 15.1 Å². The number of nitrogens with zero attached hydrogens (tertiary/aromatic N) is 3. The van der Waals surface area contributed by atoms with Gasteiger partial charge in [0.2, 0.25) is 5.69 Å². The van der Waals surface area contributed by atoms with Crippen molar-refractivity contribution in [1.29, 1.82) is 0 Å². The number of nitro groups is 1. The third-order valence-electron chi connectivity index (χ3n) is 4.29. The molecule has 1 amide bonds. The monoisotopic (exact) mass is 294 g/mol. The van der Waals surface area contributed by atoms with Crippen molar-refractivity contribution in [2.75, 3.05) is 13.2 Å². The number of hydrogen-bond acceptors (Lipinski definition) is 5. The Morgan fingerprint density at radius 3 is 3.00 bits per heavy atom. The second kappa shape index (κ2) is 5.44. The van der Waals surface area contributed by atoms with Crippen molar-refractivity contribution in [3.8, 4) is 0 Å². The second-order valence-corrected chi connectivity index (χ2v) is 5.56. The van der Waals surface area contributed by atoms with Crippen LogP contribution in [-0.4, -0.2) is 51.2 Å². The lowest BCUT2D eigenvalue weighted by molar-refractivity contribution is -0.385. The molecule has 8 nitrogen and oxygen atoms in total. The van der Waals surface area contributed by atoms with E-state index in [2.05, 4.69) is 10.2 Å². The predicted molar refractivity (Wildman–Crippen MR) is 73.0 cm³/mol. The van der Waals surface area contributed by atoms with Gasteiger partial charge in [-0.1, -0.05) is 12.8 Å². The normalized spacial score (nSPS) is 25.5. The molecule has 0 aromatic carbocycles. The van der Waals surface area contributed by atoms with E-state index in [-0.39, 0.29) is 29.4 Å². The van der Waals surface area contributed by atoms with Crippen molar-refractivity contribution >= 4 is 11.6 Å². The van der Waals surface area contributed by atoms with Crippen molar-refractivity contribution in [3.63, 3.8) is 0 Å². The Labute approximate surface area is 121 Å². The van der Waals surface area contributed by atoms with E-state index >= 15 is 0 Å². The molecule has 1 saturated carbocycles. The highest BCUT2D eigenvalue weighted by Crippen LogP contribution is 2.31. The van der Waals surface area contributed by atoms with Crippen LogP contribution in [0, 0.1) is 17.0 Å². The van der Waals surface area contributed by atoms with Gasteiger partial charge in [0.1, 0.15) is 5.69 Å². The topological polar surface area (TPSA) is 101 Å². The van der Waals surface area contributed by atoms with Crippen LogP contribution in [0.25, 0.3) is 0 Å². The summed E-state index contributed by atoms with van der Waals surface area (Å²) < 4.78 is 5.73. The van der Waals surface area contributed by atoms with Crippen LogP contribution in [0.15, 0.2) is 0 Å². The molecule has 114 valence electrons. The first-order valence-corrected chi connectivity index (χ1v) is 7.21. The molecule has 0 bridgehead atoms. The minimum Gasteiger partial charge on any atom is -0.374 e. The fraction of sp³-hybridized carbons (Fsp3) is 0.692. The molecule has 1 aliphatic heterocycles. The maximum atomic E-state index is 12.7. The van der Waals surface area contributed by atoms with Gasteiger partial charge in [-0.2, -0.15) is 5.10 Å². The lowest BCUT2D eigenvalue weighted by atomic mass is 9.90. The molecule has 21 heavy (non-hydrogen) atoms. The molecule has 0 radical (unpaired) electrons. The average Bonchev–Trinajstić information content (AvgIpc) is 2.88. The zero-order valence-electron chi connectivity index (χ0n) is 11.9. The van der Waals surface area contributed by atoms with Crippen molar-refractivity contribution in [3.05, 3.63) is 21.5 Å². The van der Waals surface area contributed by atoms with Crippen molar-refractivity contribution in [2.45, 2.75) is 44.8 Å². The molecule has 1 aromatic rings. The fourth-order valence-electron chi connectivity index (χ4n) is 3.28. The Kier molecular flexibility index (Phi) is 3.62. The second-order valence-electron chi connectivity index (χ2n) is 5.56. The van der Waals surface area contributed by atoms with Gasteiger partial charge in [0.15, 0.2) is 0 Å². The average molecular weight is 294 g/mol. The van der Waals surface area contributed by atoms with Gasteiger partial charge >= 0.3 is 5.69 Å². The van der Waals surface area contributed by atoms with E-state index in [9.17, 15) is 14.9 Å². The van der Waals surface area contributed by atoms with Crippen LogP contribution in [0.5, 0.6) is 0 Å². The molecule has 2 heterocycles. The van der Waals surface area contributed by atoms with Gasteiger partial charge in [-0.25, -0.2) is 0 Å². The van der Waals surface area contributed by atoms with Crippen molar-refractivity contribution < 1.29 is 14.5 Å². The van der Waals surface area contributed by atoms with E-state index in [1.165, 1.54) is 0 Å². The summed E-state index contributed by atoms with van der Waals surface area (Å²) in [6, 6.07) is 0.0108. The number of rotatable bonds is 2. The molecule has 3 rings (SSSR count). The Bertz CT molecular complexity index is 569. The van der Waals surface area contributed by atoms with Gasteiger partial charge in [0, 0.05) is 6.54 Å². The van der Waals surface area contributed by atoms with Crippen LogP contribution in [0.2, 0.25) is 0 Å². The first-order valence-electron chi connectivity index (χ1n) is 7.21. The van der Waals surface area contributed by atoms with Gasteiger partial charge in [-0.15, -0.1) is 0 Å². The first-order chi connectivity index (χ1) is 10.1. The summed E-state index contributed by atoms with van der Waals surface area (Å²) in [5, 5.41) is 17.5. The molecule has 0 spiro atoms. The van der Waals surface area contributed by atoms with Crippen LogP contribution in [0.3, 0.4) is 0 Å². The summed E-state index contributed by atoms with van der Waals surface area (Å²) in [6.45, 7) is 2.48. The number of carbonyl (C=O) groups excluding carboxylic acids is 1. The third-order valence-corrected chi connectivity index (χ3v) is 4.29. The largest absolute Gasteiger partial charge is 0.374 e. The zero-order valence-corrected chi connectivity index (χ0v) is 11.9. The van der Waals surface area contributed by atoms with E-state index in [1.807, 2.05) is 0 Å². The molecular weight excluding hydrogens is 276 g/mol. The highest BCUT2D eigenvalue weighted by atomic mass is 16.6. The molecule has 1 aromatic heterocycles. The number of nitrogens with one attached hydrogen (secondary N) is 1. The summed E-state index contributed by atoms with van der Waals surface area (Å²) in [6.07, 6.45) is 4.03. The number of amides is 1. The molecule has 0 unspecified atom stereocenters. The molecule has 1 aliphatic carbocycles. The maximum Gasteiger partial charge on any atom is 0.322 e. The Balaban J connectivity index is 1.89. The number of ether oxygens (including phenoxy) is 1. The van der Waals surface area contributed by atoms with Gasteiger partial charge in [-0.3, -0.25) is 20.0 Å². The number of carbonyl (C=O) groups is 1. The number of fused-ring (bicyclic) bond motifs is 1. The number of morpholine rings is 1. The summed E-state index contributed by atoms with van der Waals surface area (Å²) in [7, 11) is 0. The Hall–Kier alpha value is -1.96. The van der Waals surface area contributed by atoms with Gasteiger partial charge < -0.3 is 9.64 Å². The number of aromatic amines is 1. The van der Waals surface area contributed by atoms with E-state index in [1.54, 1.807) is 11.8 Å². The zero-order chi connectivity index (χ0) is 15.0. The van der Waals surface area contributed by atoms with E-state index in [4.69, 9.17) is 4.74 Å². The molecule has 2 fully saturated rings. The SMILES string of the molecule is Cc1[nH]nc(C(=O)N2CCO[C@H]3CCCC[C@H]32)c1[N+](=O)[O-]. The predicted octanol–water partition coefficient (Wildman–Crippen LogP) is 1.41. The van der Waals surface area contributed by atoms with E-state index in [0.717, 1.165) is 25.7 Å². The minimum absolute atomic E-state index is 0.0108. The van der Waals surface area contributed by atoms with Crippen LogP contribution in [-0.2, 0) is 4.74 Å². The first kappa shape index (κ1) is 14.0. The summed E-state index contributed by atoms with van der Waals surface area (Å²) >= 11 is 0. The molecule has 8 heteroatoms. The van der Waals surface area contributed by atoms with Gasteiger partial charge in [-0.05, 0) is 19.8 Å². The standard InChI is InChI=1S/C13H18N4O4/c1-8-12(17(19)20)11(15-14-8)13(18)16-6-7-21-10-5-3-2-4-9(10)16/h9-10H,2-7H2,1H3,(H,14,15)/t9-,10+/m1/s1. The van der Waals surface area contributed by atoms with Gasteiger partial charge in [0.25, 0.3) is 5.91 Å². The van der Waals surface area contributed by atoms with Crippen LogP contribution in [0.4, 0.5) is 5.69 Å². The van der Waals surface area contributed by atoms with Crippen LogP contribution < -0.4 is 0 Å². The lowest BCUT2D eigenvalue weighted by Crippen LogP contribution is -2.55. The van der Waals surface area contributed by atoms with E-state index in [0.29, 0.717) is 18.8 Å². The highest BCUT2D eigenvalue weighted by Gasteiger charge is 2.40. The maximum absolute atomic E-state index is 12.7.